The summed E-state index contributed by atoms with van der Waals surface area (Å²) in [7, 11) is 0. The average molecular weight is 343 g/mol. The van der Waals surface area contributed by atoms with Crippen LogP contribution >= 0.6 is 0 Å². The fraction of sp³-hybridized carbons (Fsp3) is 0.474. The minimum atomic E-state index is 0.614. The fourth-order valence-electron chi connectivity index (χ4n) is 2.48. The maximum atomic E-state index is 5.36. The Morgan fingerprint density at radius 1 is 1.20 bits per heavy atom. The molecule has 0 bridgehead atoms. The summed E-state index contributed by atoms with van der Waals surface area (Å²) in [5.74, 6) is 0.847. The molecule has 0 atom stereocenters. The second-order valence-electron chi connectivity index (χ2n) is 5.62. The summed E-state index contributed by atoms with van der Waals surface area (Å²) in [5, 5.41) is 6.68. The third-order valence-electron chi connectivity index (χ3n) is 3.74. The van der Waals surface area contributed by atoms with Gasteiger partial charge in [-0.1, -0.05) is 18.2 Å². The third kappa shape index (κ3) is 6.58. The molecule has 2 aromatic rings. The molecule has 0 unspecified atom stereocenters. The lowest BCUT2D eigenvalue weighted by Gasteiger charge is -2.12. The number of unbranched alkanes of at least 4 members (excludes halogenated alkanes) is 1. The Morgan fingerprint density at radius 2 is 2.08 bits per heavy atom. The van der Waals surface area contributed by atoms with Gasteiger partial charge in [0.25, 0.3) is 0 Å². The van der Waals surface area contributed by atoms with Gasteiger partial charge in [0.2, 0.25) is 0 Å². The van der Waals surface area contributed by atoms with Gasteiger partial charge in [-0.2, -0.15) is 0 Å². The molecule has 136 valence electrons. The van der Waals surface area contributed by atoms with Gasteiger partial charge in [-0.15, -0.1) is 0 Å². The van der Waals surface area contributed by atoms with Gasteiger partial charge in [-0.25, -0.2) is 9.98 Å². The van der Waals surface area contributed by atoms with Crippen LogP contribution in [0.3, 0.4) is 0 Å². The normalized spacial score (nSPS) is 11.5. The van der Waals surface area contributed by atoms with Crippen molar-refractivity contribution in [1.82, 2.24) is 20.2 Å². The summed E-state index contributed by atoms with van der Waals surface area (Å²) >= 11 is 0. The second kappa shape index (κ2) is 11.3. The Labute approximate surface area is 150 Å². The number of nitrogens with one attached hydrogen (secondary N) is 2. The molecule has 0 fully saturated rings. The van der Waals surface area contributed by atoms with Gasteiger partial charge in [0.1, 0.15) is 0 Å². The molecule has 1 aromatic carbocycles. The van der Waals surface area contributed by atoms with Crippen LogP contribution < -0.4 is 10.6 Å². The molecule has 1 aromatic heterocycles. The lowest BCUT2D eigenvalue weighted by molar-refractivity contribution is 0.143. The van der Waals surface area contributed by atoms with Crippen LogP contribution in [0, 0.1) is 0 Å². The number of benzene rings is 1. The van der Waals surface area contributed by atoms with E-state index in [4.69, 9.17) is 9.73 Å². The van der Waals surface area contributed by atoms with Gasteiger partial charge < -0.3 is 19.9 Å². The lowest BCUT2D eigenvalue weighted by Crippen LogP contribution is -2.37. The van der Waals surface area contributed by atoms with Crippen LogP contribution in [0.2, 0.25) is 0 Å². The molecule has 0 radical (unpaired) electrons. The van der Waals surface area contributed by atoms with Crippen LogP contribution in [0.5, 0.6) is 0 Å². The Bertz CT molecular complexity index is 625. The van der Waals surface area contributed by atoms with E-state index in [0.29, 0.717) is 6.54 Å². The van der Waals surface area contributed by atoms with Gasteiger partial charge in [-0.05, 0) is 38.3 Å². The van der Waals surface area contributed by atoms with Gasteiger partial charge in [0, 0.05) is 38.7 Å². The molecular formula is C19H29N5O. The van der Waals surface area contributed by atoms with Crippen LogP contribution in [0.1, 0.15) is 32.3 Å². The number of imidazole rings is 1. The van der Waals surface area contributed by atoms with E-state index in [1.54, 1.807) is 6.20 Å². The van der Waals surface area contributed by atoms with Gasteiger partial charge >= 0.3 is 0 Å². The predicted octanol–water partition coefficient (Wildman–Crippen LogP) is 2.74. The number of ether oxygens (including phenoxy) is 1. The summed E-state index contributed by atoms with van der Waals surface area (Å²) in [6.45, 7) is 8.05. The third-order valence-corrected chi connectivity index (χ3v) is 3.74. The Hall–Kier alpha value is -2.34. The van der Waals surface area contributed by atoms with Gasteiger partial charge in [0.15, 0.2) is 5.96 Å². The van der Waals surface area contributed by atoms with Crippen molar-refractivity contribution in [2.45, 2.75) is 33.2 Å². The number of nitrogens with zero attached hydrogens (tertiary/aromatic N) is 3. The molecule has 0 saturated carbocycles. The molecule has 2 rings (SSSR count). The molecule has 0 spiro atoms. The van der Waals surface area contributed by atoms with E-state index >= 15 is 0 Å². The van der Waals surface area contributed by atoms with Crippen LogP contribution in [-0.2, 0) is 11.3 Å². The van der Waals surface area contributed by atoms with E-state index in [2.05, 4.69) is 34.7 Å². The Morgan fingerprint density at radius 3 is 2.84 bits per heavy atom. The van der Waals surface area contributed by atoms with Crippen molar-refractivity contribution in [3.8, 4) is 5.69 Å². The highest BCUT2D eigenvalue weighted by molar-refractivity contribution is 5.79. The highest BCUT2D eigenvalue weighted by Crippen LogP contribution is 2.14. The first-order valence-electron chi connectivity index (χ1n) is 9.01. The highest BCUT2D eigenvalue weighted by Gasteiger charge is 2.04. The smallest absolute Gasteiger partial charge is 0.191 e. The molecule has 0 aliphatic carbocycles. The van der Waals surface area contributed by atoms with Gasteiger partial charge in [-0.3, -0.25) is 0 Å². The Kier molecular flexibility index (Phi) is 8.55. The predicted molar refractivity (Wildman–Crippen MR) is 102 cm³/mol. The molecule has 2 N–H and O–H groups in total. The maximum absolute atomic E-state index is 5.36. The molecule has 25 heavy (non-hydrogen) atoms. The van der Waals surface area contributed by atoms with E-state index in [-0.39, 0.29) is 0 Å². The molecule has 0 aliphatic heterocycles. The number of para-hydroxylation sites is 1. The first kappa shape index (κ1) is 19.0. The SMILES string of the molecule is CCNC(=NCc1ccccc1-n1ccnc1)NCCCCOCC. The van der Waals surface area contributed by atoms with Crippen molar-refractivity contribution in [3.63, 3.8) is 0 Å². The van der Waals surface area contributed by atoms with E-state index in [1.165, 1.54) is 0 Å². The van der Waals surface area contributed by atoms with E-state index in [1.807, 2.05) is 36.1 Å². The standard InChI is InChI=1S/C19H29N5O/c1-3-21-19(22-11-7-8-14-25-4-2)23-15-17-9-5-6-10-18(17)24-13-12-20-16-24/h5-6,9-10,12-13,16H,3-4,7-8,11,14-15H2,1-2H3,(H2,21,22,23). The topological polar surface area (TPSA) is 63.5 Å². The van der Waals surface area contributed by atoms with E-state index < -0.39 is 0 Å². The summed E-state index contributed by atoms with van der Waals surface area (Å²) in [6.07, 6.45) is 7.67. The molecule has 0 saturated heterocycles. The van der Waals surface area contributed by atoms with Crippen molar-refractivity contribution in [1.29, 1.82) is 0 Å². The zero-order chi connectivity index (χ0) is 17.7. The fourth-order valence-corrected chi connectivity index (χ4v) is 2.48. The molecule has 6 nitrogen and oxygen atoms in total. The number of aromatic nitrogens is 2. The minimum absolute atomic E-state index is 0.614. The number of aliphatic imine (C=N–C) groups is 1. The lowest BCUT2D eigenvalue weighted by atomic mass is 10.2. The zero-order valence-electron chi connectivity index (χ0n) is 15.2. The molecular weight excluding hydrogens is 314 g/mol. The summed E-state index contributed by atoms with van der Waals surface area (Å²) in [6, 6.07) is 8.26. The molecule has 6 heteroatoms. The summed E-state index contributed by atoms with van der Waals surface area (Å²) in [5.41, 5.74) is 2.27. The molecule has 1 heterocycles. The number of guanidine groups is 1. The van der Waals surface area contributed by atoms with Crippen LogP contribution in [-0.4, -0.2) is 41.8 Å². The van der Waals surface area contributed by atoms with Crippen molar-refractivity contribution >= 4 is 5.96 Å². The number of hydrogen-bond donors (Lipinski definition) is 2. The van der Waals surface area contributed by atoms with Crippen LogP contribution in [0.15, 0.2) is 48.0 Å². The Balaban J connectivity index is 1.92. The van der Waals surface area contributed by atoms with E-state index in [9.17, 15) is 0 Å². The molecule has 0 aliphatic rings. The summed E-state index contributed by atoms with van der Waals surface area (Å²) < 4.78 is 7.37. The monoisotopic (exact) mass is 343 g/mol. The minimum Gasteiger partial charge on any atom is -0.382 e. The van der Waals surface area contributed by atoms with Gasteiger partial charge in [0.05, 0.1) is 18.6 Å². The quantitative estimate of drug-likeness (QED) is 0.396. The molecule has 0 amide bonds. The van der Waals surface area contributed by atoms with Crippen molar-refractivity contribution in [3.05, 3.63) is 48.5 Å². The first-order valence-corrected chi connectivity index (χ1v) is 9.01. The first-order chi connectivity index (χ1) is 12.3. The van der Waals surface area contributed by atoms with Crippen molar-refractivity contribution in [2.24, 2.45) is 4.99 Å². The average Bonchev–Trinajstić information content (AvgIpc) is 3.17. The largest absolute Gasteiger partial charge is 0.382 e. The zero-order valence-corrected chi connectivity index (χ0v) is 15.2. The maximum Gasteiger partial charge on any atom is 0.191 e. The van der Waals surface area contributed by atoms with Crippen LogP contribution in [0.25, 0.3) is 5.69 Å². The van der Waals surface area contributed by atoms with Crippen molar-refractivity contribution < 1.29 is 4.74 Å². The second-order valence-corrected chi connectivity index (χ2v) is 5.62. The summed E-state index contributed by atoms with van der Waals surface area (Å²) in [4.78, 5) is 8.85. The van der Waals surface area contributed by atoms with Crippen molar-refractivity contribution in [2.75, 3.05) is 26.3 Å². The van der Waals surface area contributed by atoms with E-state index in [0.717, 1.165) is 56.4 Å². The number of hydrogen-bond acceptors (Lipinski definition) is 3. The number of rotatable bonds is 10. The highest BCUT2D eigenvalue weighted by atomic mass is 16.5. The van der Waals surface area contributed by atoms with Crippen LogP contribution in [0.4, 0.5) is 0 Å².